The number of nitrogens with one attached hydrogen (secondary N) is 1. The lowest BCUT2D eigenvalue weighted by molar-refractivity contribution is 1.61. The van der Waals surface area contributed by atoms with Crippen molar-refractivity contribution in [1.82, 2.24) is 3.52 Å². The first-order valence-corrected chi connectivity index (χ1v) is 6.61. The molecule has 0 saturated heterocycles. The summed E-state index contributed by atoms with van der Waals surface area (Å²) in [5, 5.41) is 0. The van der Waals surface area contributed by atoms with Crippen LogP contribution in [0.4, 0.5) is 0 Å². The van der Waals surface area contributed by atoms with Gasteiger partial charge in [0.2, 0.25) is 0 Å². The van der Waals surface area contributed by atoms with E-state index in [1.165, 1.54) is 0 Å². The van der Waals surface area contributed by atoms with Crippen molar-refractivity contribution in [2.75, 3.05) is 0 Å². The average molecular weight is 408 g/mol. The third-order valence-corrected chi connectivity index (χ3v) is 1.53. The van der Waals surface area contributed by atoms with Gasteiger partial charge in [-0.15, -0.1) is 5.92 Å². The lowest BCUT2D eigenvalue weighted by Gasteiger charge is -1.65. The van der Waals surface area contributed by atoms with Gasteiger partial charge in [0.05, 0.1) is 22.9 Å². The van der Waals surface area contributed by atoms with E-state index >= 15 is 0 Å². The Hall–Kier alpha value is -4.31. The number of halogens is 1. The average Bonchev–Trinajstić information content (AvgIpc) is 2.60. The van der Waals surface area contributed by atoms with Crippen molar-refractivity contribution in [2.24, 2.45) is 0 Å². The first-order chi connectivity index (χ1) is 12.3. The van der Waals surface area contributed by atoms with Crippen molar-refractivity contribution in [3.05, 3.63) is 6.42 Å². The Morgan fingerprint density at radius 2 is 0.750 bits per heavy atom. The van der Waals surface area contributed by atoms with Crippen molar-refractivity contribution in [2.45, 2.75) is 0 Å². The highest BCUT2D eigenvalue weighted by molar-refractivity contribution is 14.1. The van der Waals surface area contributed by atoms with Gasteiger partial charge in [0, 0.05) is 59.3 Å². The molecule has 0 amide bonds. The van der Waals surface area contributed by atoms with E-state index in [1.54, 1.807) is 22.9 Å². The van der Waals surface area contributed by atoms with E-state index < -0.39 is 0 Å². The van der Waals surface area contributed by atoms with Gasteiger partial charge in [-0.05, 0) is 47.4 Å². The molecule has 0 aliphatic carbocycles. The smallest absolute Gasteiger partial charge is 0.183 e. The lowest BCUT2D eigenvalue weighted by Crippen LogP contribution is -1.77. The summed E-state index contributed by atoms with van der Waals surface area (Å²) in [7, 11) is 0. The molecule has 0 atom stereocenters. The predicted octanol–water partition coefficient (Wildman–Crippen LogP) is 0.507. The molecule has 0 aromatic rings. The molecule has 0 rings (SSSR count). The second-order valence-corrected chi connectivity index (χ2v) is 3.18. The van der Waals surface area contributed by atoms with Gasteiger partial charge in [-0.3, -0.25) is 9.44 Å². The molecule has 0 radical (unpaired) electrons. The second kappa shape index (κ2) is 18.7. The second-order valence-electron chi connectivity index (χ2n) is 2.70. The van der Waals surface area contributed by atoms with Crippen molar-refractivity contribution in [3.63, 3.8) is 0 Å². The Morgan fingerprint density at radius 1 is 0.500 bits per heavy atom. The maximum Gasteiger partial charge on any atom is 0.183 e. The largest absolute Gasteiger partial charge is 0.358 e. The van der Waals surface area contributed by atoms with Gasteiger partial charge in [0.1, 0.15) is 0 Å². The third-order valence-electron chi connectivity index (χ3n) is 1.29. The van der Waals surface area contributed by atoms with E-state index in [9.17, 15) is 0 Å². The van der Waals surface area contributed by atoms with E-state index in [0.717, 1.165) is 3.52 Å². The minimum atomic E-state index is 0.914. The van der Waals surface area contributed by atoms with E-state index in [-0.39, 0.29) is 0 Å². The molecule has 24 heavy (non-hydrogen) atoms. The Labute approximate surface area is 158 Å². The molecule has 0 saturated carbocycles. The summed E-state index contributed by atoms with van der Waals surface area (Å²) >= 11 is 1.69. The molecule has 0 heterocycles. The molecule has 0 aliphatic heterocycles. The molecule has 0 aromatic carbocycles. The molecular formula is C22HIN-. The van der Waals surface area contributed by atoms with Crippen LogP contribution < -0.4 is 3.52 Å². The number of hydrogen-bond donors (Lipinski definition) is 1. The first-order valence-electron chi connectivity index (χ1n) is 6.09. The van der Waals surface area contributed by atoms with Crippen LogP contribution in [0, 0.1) is 131 Å². The van der Waals surface area contributed by atoms with Crippen LogP contribution in [-0.4, -0.2) is 0 Å². The summed E-state index contributed by atoms with van der Waals surface area (Å²) < 4.78 is 7.87. The van der Waals surface area contributed by atoms with Crippen molar-refractivity contribution < 1.29 is 1.41 Å². The number of rotatable bonds is 0. The highest BCUT2D eigenvalue weighted by Crippen LogP contribution is 1.61. The molecule has 0 bridgehead atoms. The Bertz CT molecular complexity index is 1180. The molecule has 0 aliphatic rings. The van der Waals surface area contributed by atoms with E-state index in [1.807, 2.05) is 5.92 Å². The fourth-order valence-electron chi connectivity index (χ4n) is 0.612. The monoisotopic (exact) mass is 408 g/mol. The standard InChI is InChI=1S/C22HIN/c1-2-3-4-5-6-7-8-9-10-11-12-13-14-15-16-17-18-19-20-21-22-24-23/h24H/q-1/i/hT. The summed E-state index contributed by atoms with van der Waals surface area (Å²) in [6, 6.07) is 2.38. The van der Waals surface area contributed by atoms with Crippen molar-refractivity contribution in [3.8, 4) is 124 Å². The molecule has 1 nitrogen and oxygen atoms in total. The van der Waals surface area contributed by atoms with Crippen molar-refractivity contribution >= 4 is 22.9 Å². The van der Waals surface area contributed by atoms with Crippen LogP contribution in [0.25, 0.3) is 0 Å². The van der Waals surface area contributed by atoms with Crippen LogP contribution in [0.2, 0.25) is 1.41 Å². The van der Waals surface area contributed by atoms with Gasteiger partial charge in [-0.25, -0.2) is 5.92 Å². The summed E-state index contributed by atoms with van der Waals surface area (Å²) in [5.74, 6) is 48.2. The Morgan fingerprint density at radius 3 is 1.00 bits per heavy atom. The zero-order valence-electron chi connectivity index (χ0n) is 12.8. The van der Waals surface area contributed by atoms with Gasteiger partial charge in [-0.1, -0.05) is 0 Å². The summed E-state index contributed by atoms with van der Waals surface area (Å²) in [6.07, 6.45) is 6.51. The summed E-state index contributed by atoms with van der Waals surface area (Å²) in [6.45, 7) is 0. The highest BCUT2D eigenvalue weighted by Gasteiger charge is 1.58. The Kier molecular flexibility index (Phi) is 13.8. The maximum absolute atomic E-state index is 6.95. The fraction of sp³-hybridized carbons (Fsp3) is 0. The van der Waals surface area contributed by atoms with Crippen LogP contribution in [0.3, 0.4) is 0 Å². The minimum Gasteiger partial charge on any atom is -0.358 e. The zero-order chi connectivity index (χ0) is 18.4. The van der Waals surface area contributed by atoms with Gasteiger partial charge in [-0.2, -0.15) is 0 Å². The highest BCUT2D eigenvalue weighted by atomic mass is 127. The zero-order valence-corrected chi connectivity index (χ0v) is 14.0. The molecule has 0 fully saturated rings. The van der Waals surface area contributed by atoms with E-state index in [4.69, 9.17) is 7.84 Å². The van der Waals surface area contributed by atoms with Crippen LogP contribution in [0.1, 0.15) is 0 Å². The van der Waals surface area contributed by atoms with Crippen LogP contribution in [-0.2, 0) is 0 Å². The van der Waals surface area contributed by atoms with Gasteiger partial charge < -0.3 is 6.42 Å². The minimum absolute atomic E-state index is 0.914. The van der Waals surface area contributed by atoms with Crippen LogP contribution in [0.15, 0.2) is 0 Å². The predicted molar refractivity (Wildman–Crippen MR) is 102 cm³/mol. The SMILES string of the molecule is [3H]N(I)C#CC#CC#CC#CC#CC#CC#CC#CC#CC#CC#[C-]. The van der Waals surface area contributed by atoms with E-state index in [0.29, 0.717) is 0 Å². The molecule has 0 unspecified atom stereocenters. The van der Waals surface area contributed by atoms with Crippen LogP contribution >= 0.6 is 22.9 Å². The quantitative estimate of drug-likeness (QED) is 0.203. The van der Waals surface area contributed by atoms with Crippen LogP contribution in [0.5, 0.6) is 0 Å². The topological polar surface area (TPSA) is 12.0 Å². The normalized spacial score (nSPS) is 4.58. The molecule has 1 N–H and O–H groups in total. The molecule has 102 valence electrons. The molecule has 0 spiro atoms. The Balaban J connectivity index is 4.40. The third kappa shape index (κ3) is 17.7. The lowest BCUT2D eigenvalue weighted by atomic mass is 10.4. The maximum atomic E-state index is 6.95. The fourth-order valence-corrected chi connectivity index (χ4v) is 0.732. The summed E-state index contributed by atoms with van der Waals surface area (Å²) in [4.78, 5) is 0. The molecule has 0 aromatic heterocycles. The summed E-state index contributed by atoms with van der Waals surface area (Å²) in [5.41, 5.74) is 0. The number of hydrogen-bond acceptors (Lipinski definition) is 1. The molecular weight excluding hydrogens is 405 g/mol. The van der Waals surface area contributed by atoms with Gasteiger partial charge in [0.25, 0.3) is 0 Å². The molecule has 2 heteroatoms. The first kappa shape index (κ1) is 17.7. The van der Waals surface area contributed by atoms with Gasteiger partial charge in [0.15, 0.2) is 1.41 Å². The van der Waals surface area contributed by atoms with E-state index in [2.05, 4.69) is 119 Å². The van der Waals surface area contributed by atoms with Crippen molar-refractivity contribution in [1.29, 1.82) is 0 Å². The van der Waals surface area contributed by atoms with Gasteiger partial charge >= 0.3 is 0 Å².